The van der Waals surface area contributed by atoms with Crippen LogP contribution in [0.1, 0.15) is 5.56 Å². The van der Waals surface area contributed by atoms with Gasteiger partial charge in [0.25, 0.3) is 10.0 Å². The van der Waals surface area contributed by atoms with Crippen LogP contribution in [0.15, 0.2) is 41.4 Å². The van der Waals surface area contributed by atoms with E-state index in [1.165, 1.54) is 4.31 Å². The normalized spacial score (nSPS) is 14.1. The van der Waals surface area contributed by atoms with E-state index >= 15 is 0 Å². The molecule has 0 spiro atoms. The molecule has 1 aliphatic rings. The van der Waals surface area contributed by atoms with Crippen LogP contribution in [-0.2, 0) is 10.0 Å². The van der Waals surface area contributed by atoms with Gasteiger partial charge in [0, 0.05) is 26.0 Å². The molecule has 0 saturated carbocycles. The highest BCUT2D eigenvalue weighted by Gasteiger charge is 2.31. The molecule has 1 aliphatic heterocycles. The van der Waals surface area contributed by atoms with Crippen molar-refractivity contribution >= 4 is 21.4 Å². The summed E-state index contributed by atoms with van der Waals surface area (Å²) in [5.41, 5.74) is 2.38. The molecular weight excluding hydrogens is 314 g/mol. The Bertz CT molecular complexity index is 834. The van der Waals surface area contributed by atoms with Crippen molar-refractivity contribution in [3.05, 3.63) is 42.1 Å². The molecule has 0 radical (unpaired) electrons. The Hall–Kier alpha value is -2.28. The number of aryl methyl sites for hydroxylation is 1. The number of hydrogen-bond donors (Lipinski definition) is 0. The Morgan fingerprint density at radius 1 is 1.26 bits per heavy atom. The lowest BCUT2D eigenvalue weighted by molar-refractivity contribution is 0.303. The van der Waals surface area contributed by atoms with E-state index in [4.69, 9.17) is 4.74 Å². The van der Waals surface area contributed by atoms with E-state index < -0.39 is 10.0 Å². The van der Waals surface area contributed by atoms with Gasteiger partial charge in [-0.3, -0.25) is 4.31 Å². The molecule has 0 fully saturated rings. The molecule has 1 aromatic heterocycles. The Morgan fingerprint density at radius 3 is 2.78 bits per heavy atom. The first kappa shape index (κ1) is 15.6. The van der Waals surface area contributed by atoms with Crippen molar-refractivity contribution in [1.82, 2.24) is 4.98 Å². The number of anilines is 2. The number of pyridine rings is 1. The zero-order valence-corrected chi connectivity index (χ0v) is 14.2. The quantitative estimate of drug-likeness (QED) is 0.860. The van der Waals surface area contributed by atoms with Crippen LogP contribution in [0.25, 0.3) is 0 Å². The van der Waals surface area contributed by atoms with E-state index in [2.05, 4.69) is 4.98 Å². The summed E-state index contributed by atoms with van der Waals surface area (Å²) in [7, 11) is 0.129. The van der Waals surface area contributed by atoms with E-state index in [-0.39, 0.29) is 18.0 Å². The third kappa shape index (κ3) is 2.72. The molecule has 2 heterocycles. The first-order valence-electron chi connectivity index (χ1n) is 7.30. The van der Waals surface area contributed by atoms with Crippen molar-refractivity contribution in [3.63, 3.8) is 0 Å². The first-order chi connectivity index (χ1) is 10.9. The van der Waals surface area contributed by atoms with E-state index in [1.54, 1.807) is 30.5 Å². The molecule has 6 nitrogen and oxygen atoms in total. The molecule has 0 amide bonds. The van der Waals surface area contributed by atoms with Crippen LogP contribution in [0, 0.1) is 6.92 Å². The van der Waals surface area contributed by atoms with E-state index in [0.29, 0.717) is 11.6 Å². The number of ether oxygens (including phenoxy) is 1. The van der Waals surface area contributed by atoms with Crippen LogP contribution in [0.4, 0.5) is 11.4 Å². The van der Waals surface area contributed by atoms with Gasteiger partial charge in [-0.25, -0.2) is 13.4 Å². The lowest BCUT2D eigenvalue weighted by Gasteiger charge is -2.29. The first-order valence-corrected chi connectivity index (χ1v) is 8.74. The Morgan fingerprint density at radius 2 is 2.04 bits per heavy atom. The van der Waals surface area contributed by atoms with E-state index in [0.717, 1.165) is 11.3 Å². The minimum Gasteiger partial charge on any atom is -0.474 e. The van der Waals surface area contributed by atoms with Gasteiger partial charge < -0.3 is 9.64 Å². The molecule has 1 aromatic carbocycles. The summed E-state index contributed by atoms with van der Waals surface area (Å²) in [6, 6.07) is 8.59. The number of benzene rings is 1. The van der Waals surface area contributed by atoms with Crippen LogP contribution in [-0.4, -0.2) is 40.6 Å². The smallest absolute Gasteiger partial charge is 0.264 e. The fourth-order valence-electron chi connectivity index (χ4n) is 2.64. The summed E-state index contributed by atoms with van der Waals surface area (Å²) >= 11 is 0. The largest absolute Gasteiger partial charge is 0.474 e. The Labute approximate surface area is 136 Å². The van der Waals surface area contributed by atoms with Crippen molar-refractivity contribution in [2.75, 3.05) is 36.5 Å². The van der Waals surface area contributed by atoms with Crippen molar-refractivity contribution in [2.24, 2.45) is 0 Å². The second-order valence-electron chi connectivity index (χ2n) is 5.60. The van der Waals surface area contributed by atoms with Gasteiger partial charge >= 0.3 is 0 Å². The maximum Gasteiger partial charge on any atom is 0.264 e. The summed E-state index contributed by atoms with van der Waals surface area (Å²) in [6.07, 6.45) is 1.59. The molecule has 0 N–H and O–H groups in total. The van der Waals surface area contributed by atoms with Crippen molar-refractivity contribution in [3.8, 4) is 5.88 Å². The lowest BCUT2D eigenvalue weighted by Crippen LogP contribution is -2.38. The molecule has 0 bridgehead atoms. The van der Waals surface area contributed by atoms with Crippen LogP contribution in [0.3, 0.4) is 0 Å². The minimum absolute atomic E-state index is 0.267. The molecule has 7 heteroatoms. The number of sulfonamides is 1. The van der Waals surface area contributed by atoms with Gasteiger partial charge in [0.15, 0.2) is 0 Å². The number of fused-ring (bicyclic) bond motifs is 1. The zero-order chi connectivity index (χ0) is 16.6. The van der Waals surface area contributed by atoms with Gasteiger partial charge in [0.1, 0.15) is 12.3 Å². The Kier molecular flexibility index (Phi) is 3.89. The van der Waals surface area contributed by atoms with E-state index in [1.807, 2.05) is 32.0 Å². The highest BCUT2D eigenvalue weighted by atomic mass is 32.2. The maximum atomic E-state index is 13.1. The van der Waals surface area contributed by atoms with Crippen LogP contribution < -0.4 is 13.9 Å². The molecule has 0 saturated heterocycles. The lowest BCUT2D eigenvalue weighted by atomic mass is 10.2. The van der Waals surface area contributed by atoms with Gasteiger partial charge in [0.05, 0.1) is 11.4 Å². The number of nitrogens with zero attached hydrogens (tertiary/aromatic N) is 3. The second-order valence-corrected chi connectivity index (χ2v) is 7.46. The maximum absolute atomic E-state index is 13.1. The molecular formula is C16H19N3O3S. The minimum atomic E-state index is -3.66. The molecule has 3 rings (SSSR count). The molecule has 2 aromatic rings. The summed E-state index contributed by atoms with van der Waals surface area (Å²) in [6.45, 7) is 2.52. The van der Waals surface area contributed by atoms with Gasteiger partial charge in [-0.2, -0.15) is 0 Å². The Balaban J connectivity index is 2.08. The van der Waals surface area contributed by atoms with Crippen LogP contribution >= 0.6 is 0 Å². The fraction of sp³-hybridized carbons (Fsp3) is 0.312. The van der Waals surface area contributed by atoms with Crippen molar-refractivity contribution in [1.29, 1.82) is 0 Å². The predicted octanol–water partition coefficient (Wildman–Crippen LogP) is 2.04. The molecule has 0 unspecified atom stereocenters. The van der Waals surface area contributed by atoms with Gasteiger partial charge in [-0.15, -0.1) is 0 Å². The van der Waals surface area contributed by atoms with E-state index in [9.17, 15) is 8.42 Å². The van der Waals surface area contributed by atoms with Crippen LogP contribution in [0.5, 0.6) is 5.88 Å². The van der Waals surface area contributed by atoms with Crippen LogP contribution in [0.2, 0.25) is 0 Å². The highest BCUT2D eigenvalue weighted by Crippen LogP contribution is 2.34. The summed E-state index contributed by atoms with van der Waals surface area (Å²) in [5.74, 6) is 0.349. The summed E-state index contributed by atoms with van der Waals surface area (Å²) in [4.78, 5) is 6.27. The standard InChI is InChI=1S/C16H19N3O3S/c1-12-6-7-13(11-15(12)18(2)3)23(20,21)19-9-10-22-16-14(19)5-4-8-17-16/h4-8,11H,9-10H2,1-3H3. The SMILES string of the molecule is Cc1ccc(S(=O)(=O)N2CCOc3ncccc32)cc1N(C)C. The predicted molar refractivity (Wildman–Crippen MR) is 89.8 cm³/mol. The second kappa shape index (κ2) is 5.73. The fourth-order valence-corrected chi connectivity index (χ4v) is 4.11. The van der Waals surface area contributed by atoms with Crippen molar-refractivity contribution in [2.45, 2.75) is 11.8 Å². The average Bonchev–Trinajstić information content (AvgIpc) is 2.54. The van der Waals surface area contributed by atoms with Gasteiger partial charge in [-0.1, -0.05) is 6.07 Å². The topological polar surface area (TPSA) is 62.7 Å². The third-order valence-corrected chi connectivity index (χ3v) is 5.61. The summed E-state index contributed by atoms with van der Waals surface area (Å²) in [5, 5.41) is 0. The zero-order valence-electron chi connectivity index (χ0n) is 13.4. The molecule has 0 aliphatic carbocycles. The monoisotopic (exact) mass is 333 g/mol. The number of rotatable bonds is 3. The molecule has 23 heavy (non-hydrogen) atoms. The third-order valence-electron chi connectivity index (χ3n) is 3.80. The highest BCUT2D eigenvalue weighted by molar-refractivity contribution is 7.92. The molecule has 122 valence electrons. The average molecular weight is 333 g/mol. The number of hydrogen-bond acceptors (Lipinski definition) is 5. The van der Waals surface area contributed by atoms with Crippen molar-refractivity contribution < 1.29 is 13.2 Å². The van der Waals surface area contributed by atoms with Gasteiger partial charge in [0.2, 0.25) is 5.88 Å². The number of aromatic nitrogens is 1. The molecule has 0 atom stereocenters. The van der Waals surface area contributed by atoms with Gasteiger partial charge in [-0.05, 0) is 36.8 Å². The summed E-state index contributed by atoms with van der Waals surface area (Å²) < 4.78 is 32.9.